The van der Waals surface area contributed by atoms with Crippen LogP contribution in [0, 0.1) is 0 Å². The van der Waals surface area contributed by atoms with Gasteiger partial charge >= 0.3 is 6.18 Å². The van der Waals surface area contributed by atoms with Crippen LogP contribution in [0.2, 0.25) is 0 Å². The summed E-state index contributed by atoms with van der Waals surface area (Å²) in [7, 11) is 0. The van der Waals surface area contributed by atoms with Gasteiger partial charge in [-0.2, -0.15) is 13.2 Å². The van der Waals surface area contributed by atoms with Crippen LogP contribution in [-0.2, 0) is 11.0 Å². The molecule has 2 amide bonds. The minimum Gasteiger partial charge on any atom is -0.352 e. The first-order chi connectivity index (χ1) is 21.3. The number of nitrogens with one attached hydrogen (secondary N) is 2. The summed E-state index contributed by atoms with van der Waals surface area (Å²) < 4.78 is 39.1. The fraction of sp³-hybridized carbons (Fsp3) is 0.278. The Kier molecular flexibility index (Phi) is 8.53. The van der Waals surface area contributed by atoms with Crippen molar-refractivity contribution in [2.75, 3.05) is 18.4 Å². The highest BCUT2D eigenvalue weighted by molar-refractivity contribution is 6.08. The summed E-state index contributed by atoms with van der Waals surface area (Å²) >= 11 is 0. The highest BCUT2D eigenvalue weighted by atomic mass is 19.4. The zero-order valence-corrected chi connectivity index (χ0v) is 24.2. The molecule has 0 radical (unpaired) electrons. The van der Waals surface area contributed by atoms with Gasteiger partial charge in [-0.25, -0.2) is 0 Å². The van der Waals surface area contributed by atoms with E-state index in [9.17, 15) is 22.8 Å². The van der Waals surface area contributed by atoms with Crippen molar-refractivity contribution >= 4 is 17.5 Å². The Morgan fingerprint density at radius 2 is 1.39 bits per heavy atom. The van der Waals surface area contributed by atoms with Gasteiger partial charge in [0.1, 0.15) is 6.04 Å². The second-order valence-electron chi connectivity index (χ2n) is 11.6. The average molecular weight is 598 g/mol. The summed E-state index contributed by atoms with van der Waals surface area (Å²) in [5.41, 5.74) is 3.58. The Balaban J connectivity index is 1.09. The number of hydrogen-bond acceptors (Lipinski definition) is 3. The van der Waals surface area contributed by atoms with E-state index >= 15 is 0 Å². The number of carbonyl (C=O) groups excluding carboxylic acids is 2. The number of carbonyl (C=O) groups is 2. The van der Waals surface area contributed by atoms with Crippen LogP contribution in [0.3, 0.4) is 0 Å². The topological polar surface area (TPSA) is 61.4 Å². The third kappa shape index (κ3) is 6.86. The summed E-state index contributed by atoms with van der Waals surface area (Å²) in [6, 6.07) is 29.5. The van der Waals surface area contributed by atoms with Gasteiger partial charge in [-0.15, -0.1) is 0 Å². The van der Waals surface area contributed by atoms with Crippen molar-refractivity contribution in [1.82, 2.24) is 10.2 Å². The van der Waals surface area contributed by atoms with E-state index in [0.29, 0.717) is 34.3 Å². The highest BCUT2D eigenvalue weighted by Gasteiger charge is 2.34. The van der Waals surface area contributed by atoms with Crippen molar-refractivity contribution < 1.29 is 22.8 Å². The van der Waals surface area contributed by atoms with Gasteiger partial charge < -0.3 is 10.6 Å². The molecular weight excluding hydrogens is 563 g/mol. The fourth-order valence-corrected chi connectivity index (χ4v) is 5.97. The first-order valence-corrected chi connectivity index (χ1v) is 15.0. The Morgan fingerprint density at radius 1 is 0.750 bits per heavy atom. The summed E-state index contributed by atoms with van der Waals surface area (Å²) in [6.45, 7) is 1.61. The van der Waals surface area contributed by atoms with E-state index in [4.69, 9.17) is 0 Å². The van der Waals surface area contributed by atoms with Gasteiger partial charge in [0, 0.05) is 17.3 Å². The molecule has 1 saturated heterocycles. The minimum atomic E-state index is -4.42. The molecule has 1 atom stereocenters. The molecule has 226 valence electrons. The van der Waals surface area contributed by atoms with Crippen LogP contribution in [0.5, 0.6) is 0 Å². The van der Waals surface area contributed by atoms with Crippen molar-refractivity contribution in [1.29, 1.82) is 0 Å². The van der Waals surface area contributed by atoms with Gasteiger partial charge in [-0.3, -0.25) is 14.5 Å². The van der Waals surface area contributed by atoms with E-state index in [1.54, 1.807) is 24.3 Å². The van der Waals surface area contributed by atoms with Crippen LogP contribution in [-0.4, -0.2) is 35.8 Å². The monoisotopic (exact) mass is 597 g/mol. The van der Waals surface area contributed by atoms with Gasteiger partial charge in [0.2, 0.25) is 5.91 Å². The first kappa shape index (κ1) is 29.6. The van der Waals surface area contributed by atoms with E-state index in [0.717, 1.165) is 56.5 Å². The standard InChI is InChI=1S/C36H34F3N3O2/c37-36(38,39)28-14-10-26(11-15-28)31-8-4-5-9-32(31)34(43)40-29-16-12-24(13-17-29)25-20-22-42(23-21-25)33(27-6-2-1-3-7-27)35(44)41-30-18-19-30/h1-17,25,30,33H,18-23H2,(H,40,43)(H,41,44). The third-order valence-corrected chi connectivity index (χ3v) is 8.52. The molecule has 1 aliphatic carbocycles. The number of nitrogens with zero attached hydrogens (tertiary/aromatic N) is 1. The average Bonchev–Trinajstić information content (AvgIpc) is 3.86. The molecule has 0 bridgehead atoms. The van der Waals surface area contributed by atoms with E-state index in [1.165, 1.54) is 17.7 Å². The molecule has 44 heavy (non-hydrogen) atoms. The first-order valence-electron chi connectivity index (χ1n) is 15.0. The van der Waals surface area contributed by atoms with Crippen molar-refractivity contribution in [3.63, 3.8) is 0 Å². The number of piperidine rings is 1. The molecule has 6 rings (SSSR count). The number of amides is 2. The summed E-state index contributed by atoms with van der Waals surface area (Å²) in [5.74, 6) is 0.0921. The van der Waals surface area contributed by atoms with Crippen molar-refractivity contribution in [3.8, 4) is 11.1 Å². The van der Waals surface area contributed by atoms with Gasteiger partial charge in [-0.05, 0) is 97.3 Å². The van der Waals surface area contributed by atoms with E-state index in [1.807, 2.05) is 54.6 Å². The van der Waals surface area contributed by atoms with Crippen molar-refractivity contribution in [2.24, 2.45) is 0 Å². The summed E-state index contributed by atoms with van der Waals surface area (Å²) in [5, 5.41) is 6.13. The summed E-state index contributed by atoms with van der Waals surface area (Å²) in [4.78, 5) is 28.7. The molecule has 2 fully saturated rings. The normalized spacial score (nSPS) is 16.7. The largest absolute Gasteiger partial charge is 0.416 e. The Morgan fingerprint density at radius 3 is 2.02 bits per heavy atom. The van der Waals surface area contributed by atoms with Crippen molar-refractivity contribution in [2.45, 2.75) is 49.9 Å². The number of rotatable bonds is 8. The van der Waals surface area contributed by atoms with Crippen LogP contribution in [0.1, 0.15) is 64.7 Å². The van der Waals surface area contributed by atoms with Crippen LogP contribution < -0.4 is 10.6 Å². The Bertz CT molecular complexity index is 1590. The highest BCUT2D eigenvalue weighted by Crippen LogP contribution is 2.35. The quantitative estimate of drug-likeness (QED) is 0.218. The maximum Gasteiger partial charge on any atom is 0.416 e. The lowest BCUT2D eigenvalue weighted by Gasteiger charge is -2.37. The lowest BCUT2D eigenvalue weighted by molar-refractivity contribution is -0.137. The van der Waals surface area contributed by atoms with Gasteiger partial charge in [0.05, 0.1) is 5.56 Å². The van der Waals surface area contributed by atoms with Crippen LogP contribution >= 0.6 is 0 Å². The number of anilines is 1. The molecule has 0 spiro atoms. The maximum atomic E-state index is 13.2. The van der Waals surface area contributed by atoms with Crippen LogP contribution in [0.15, 0.2) is 103 Å². The molecule has 1 unspecified atom stereocenters. The second kappa shape index (κ2) is 12.7. The predicted molar refractivity (Wildman–Crippen MR) is 165 cm³/mol. The maximum absolute atomic E-state index is 13.2. The van der Waals surface area contributed by atoms with Gasteiger partial charge in [-0.1, -0.05) is 72.8 Å². The lowest BCUT2D eigenvalue weighted by atomic mass is 9.88. The number of benzene rings is 4. The molecule has 8 heteroatoms. The number of alkyl halides is 3. The molecule has 0 aromatic heterocycles. The molecular formula is C36H34F3N3O2. The minimum absolute atomic E-state index is 0.0807. The zero-order chi connectivity index (χ0) is 30.7. The molecule has 4 aromatic rings. The molecule has 2 aliphatic rings. The van der Waals surface area contributed by atoms with Gasteiger partial charge in [0.15, 0.2) is 0 Å². The summed E-state index contributed by atoms with van der Waals surface area (Å²) in [6.07, 6.45) is -0.470. The van der Waals surface area contributed by atoms with Crippen LogP contribution in [0.25, 0.3) is 11.1 Å². The fourth-order valence-electron chi connectivity index (χ4n) is 5.97. The predicted octanol–water partition coefficient (Wildman–Crippen LogP) is 7.82. The third-order valence-electron chi connectivity index (χ3n) is 8.52. The number of hydrogen-bond donors (Lipinski definition) is 2. The molecule has 5 nitrogen and oxygen atoms in total. The molecule has 1 aliphatic heterocycles. The number of halogens is 3. The number of likely N-dealkylation sites (tertiary alicyclic amines) is 1. The van der Waals surface area contributed by atoms with E-state index in [-0.39, 0.29) is 17.9 Å². The Hall–Kier alpha value is -4.43. The molecule has 1 heterocycles. The van der Waals surface area contributed by atoms with Crippen LogP contribution in [0.4, 0.5) is 18.9 Å². The smallest absolute Gasteiger partial charge is 0.352 e. The molecule has 2 N–H and O–H groups in total. The van der Waals surface area contributed by atoms with E-state index in [2.05, 4.69) is 15.5 Å². The SMILES string of the molecule is O=C(Nc1ccc(C2CCN(C(C(=O)NC3CC3)c3ccccc3)CC2)cc1)c1ccccc1-c1ccc(C(F)(F)F)cc1. The Labute approximate surface area is 255 Å². The molecule has 1 saturated carbocycles. The van der Waals surface area contributed by atoms with E-state index < -0.39 is 11.7 Å². The van der Waals surface area contributed by atoms with Crippen molar-refractivity contribution in [3.05, 3.63) is 125 Å². The molecule has 4 aromatic carbocycles. The lowest BCUT2D eigenvalue weighted by Crippen LogP contribution is -2.44. The second-order valence-corrected chi connectivity index (χ2v) is 11.6. The van der Waals surface area contributed by atoms with Gasteiger partial charge in [0.25, 0.3) is 5.91 Å². The zero-order valence-electron chi connectivity index (χ0n) is 24.2.